The summed E-state index contributed by atoms with van der Waals surface area (Å²) in [5.74, 6) is 0. The molecule has 2 rings (SSSR count). The lowest BCUT2D eigenvalue weighted by atomic mass is 10.2. The van der Waals surface area contributed by atoms with Gasteiger partial charge in [0.2, 0.25) is 0 Å². The van der Waals surface area contributed by atoms with Crippen LogP contribution in [0.5, 0.6) is 0 Å². The topological polar surface area (TPSA) is 17.2 Å². The van der Waals surface area contributed by atoms with Crippen molar-refractivity contribution in [3.63, 3.8) is 0 Å². The van der Waals surface area contributed by atoms with Crippen molar-refractivity contribution in [1.82, 2.24) is 4.98 Å². The molecule has 1 aromatic carbocycles. The molecule has 0 radical (unpaired) electrons. The van der Waals surface area contributed by atoms with E-state index in [4.69, 9.17) is 18.2 Å². The Morgan fingerprint density at radius 1 is 1.33 bits per heavy atom. The number of hydrogen-bond acceptors (Lipinski definition) is 2. The van der Waals surface area contributed by atoms with Gasteiger partial charge in [0, 0.05) is 16.0 Å². The Labute approximate surface area is 97.0 Å². The van der Waals surface area contributed by atoms with E-state index >= 15 is 0 Å². The summed E-state index contributed by atoms with van der Waals surface area (Å²) in [5, 5.41) is 3.57. The van der Waals surface area contributed by atoms with Crippen LogP contribution in [0.2, 0.25) is 5.02 Å². The first kappa shape index (κ1) is 10.2. The molecule has 0 fully saturated rings. The Hall–Kier alpha value is -1.37. The number of rotatable bonds is 2. The van der Waals surface area contributed by atoms with Crippen LogP contribution in [0.3, 0.4) is 0 Å². The molecule has 0 atom stereocenters. The second-order valence-corrected chi connectivity index (χ2v) is 4.26. The SMILES string of the molecule is [C-]#[N+]Cc1csc(-c2ccc(Cl)cc2)n1. The van der Waals surface area contributed by atoms with Crippen LogP contribution in [0.25, 0.3) is 15.4 Å². The molecule has 0 amide bonds. The number of thiazole rings is 1. The molecule has 1 heterocycles. The molecule has 0 aliphatic heterocycles. The highest BCUT2D eigenvalue weighted by molar-refractivity contribution is 7.13. The predicted octanol–water partition coefficient (Wildman–Crippen LogP) is 3.88. The van der Waals surface area contributed by atoms with Gasteiger partial charge in [-0.2, -0.15) is 0 Å². The molecule has 0 unspecified atom stereocenters. The van der Waals surface area contributed by atoms with Crippen LogP contribution in [0.1, 0.15) is 5.69 Å². The van der Waals surface area contributed by atoms with Gasteiger partial charge in [0.05, 0.1) is 0 Å². The van der Waals surface area contributed by atoms with Crippen molar-refractivity contribution in [2.45, 2.75) is 6.54 Å². The summed E-state index contributed by atoms with van der Waals surface area (Å²) < 4.78 is 0. The zero-order valence-electron chi connectivity index (χ0n) is 7.77. The third-order valence-corrected chi connectivity index (χ3v) is 3.08. The van der Waals surface area contributed by atoms with Crippen molar-refractivity contribution >= 4 is 22.9 Å². The molecule has 0 saturated heterocycles. The van der Waals surface area contributed by atoms with Crippen LogP contribution in [-0.2, 0) is 6.54 Å². The lowest BCUT2D eigenvalue weighted by Gasteiger charge is -1.94. The molecule has 0 bridgehead atoms. The Morgan fingerprint density at radius 2 is 2.07 bits per heavy atom. The van der Waals surface area contributed by atoms with Gasteiger partial charge in [-0.1, -0.05) is 23.7 Å². The van der Waals surface area contributed by atoms with E-state index in [2.05, 4.69) is 9.83 Å². The minimum Gasteiger partial charge on any atom is -0.310 e. The van der Waals surface area contributed by atoms with E-state index in [0.29, 0.717) is 6.54 Å². The van der Waals surface area contributed by atoms with Crippen LogP contribution >= 0.6 is 22.9 Å². The van der Waals surface area contributed by atoms with E-state index < -0.39 is 0 Å². The van der Waals surface area contributed by atoms with Crippen molar-refractivity contribution in [3.05, 3.63) is 51.8 Å². The third-order valence-electron chi connectivity index (χ3n) is 1.88. The van der Waals surface area contributed by atoms with Gasteiger partial charge in [-0.05, 0) is 12.1 Å². The second-order valence-electron chi connectivity index (χ2n) is 2.97. The molecular formula is C11H7ClN2S. The molecule has 74 valence electrons. The van der Waals surface area contributed by atoms with Crippen LogP contribution in [-0.4, -0.2) is 4.98 Å². The molecule has 0 aliphatic rings. The van der Waals surface area contributed by atoms with Gasteiger partial charge in [-0.15, -0.1) is 11.3 Å². The minimum atomic E-state index is 0.351. The Balaban J connectivity index is 2.30. The predicted molar refractivity (Wildman–Crippen MR) is 62.9 cm³/mol. The van der Waals surface area contributed by atoms with Gasteiger partial charge in [-0.3, -0.25) is 0 Å². The van der Waals surface area contributed by atoms with Crippen LogP contribution in [0.15, 0.2) is 29.6 Å². The summed E-state index contributed by atoms with van der Waals surface area (Å²) >= 11 is 7.35. The quantitative estimate of drug-likeness (QED) is 0.721. The van der Waals surface area contributed by atoms with Gasteiger partial charge in [0.15, 0.2) is 0 Å². The van der Waals surface area contributed by atoms with Crippen molar-refractivity contribution in [3.8, 4) is 10.6 Å². The van der Waals surface area contributed by atoms with Crippen LogP contribution in [0, 0.1) is 6.57 Å². The average molecular weight is 235 g/mol. The summed E-state index contributed by atoms with van der Waals surface area (Å²) in [6.07, 6.45) is 0. The molecule has 2 nitrogen and oxygen atoms in total. The third kappa shape index (κ3) is 2.35. The Bertz CT molecular complexity index is 496. The summed E-state index contributed by atoms with van der Waals surface area (Å²) in [6.45, 7) is 7.11. The lowest BCUT2D eigenvalue weighted by molar-refractivity contribution is 1.15. The highest BCUT2D eigenvalue weighted by atomic mass is 35.5. The fraction of sp³-hybridized carbons (Fsp3) is 0.0909. The number of nitrogens with zero attached hydrogens (tertiary/aromatic N) is 2. The minimum absolute atomic E-state index is 0.351. The molecule has 2 aromatic rings. The molecule has 4 heteroatoms. The summed E-state index contributed by atoms with van der Waals surface area (Å²) in [4.78, 5) is 7.66. The standard InChI is InChI=1S/C11H7ClN2S/c1-13-6-10-7-15-11(14-10)8-2-4-9(12)5-3-8/h2-5,7H,6H2. The first-order chi connectivity index (χ1) is 7.29. The van der Waals surface area contributed by atoms with Crippen molar-refractivity contribution in [1.29, 1.82) is 0 Å². The maximum Gasteiger partial charge on any atom is 0.257 e. The summed E-state index contributed by atoms with van der Waals surface area (Å²) in [6, 6.07) is 7.55. The van der Waals surface area contributed by atoms with E-state index in [0.717, 1.165) is 21.3 Å². The first-order valence-corrected chi connectivity index (χ1v) is 5.59. The van der Waals surface area contributed by atoms with E-state index in [1.54, 1.807) is 11.3 Å². The smallest absolute Gasteiger partial charge is 0.257 e. The van der Waals surface area contributed by atoms with Gasteiger partial charge >= 0.3 is 0 Å². The maximum atomic E-state index is 6.75. The largest absolute Gasteiger partial charge is 0.310 e. The van der Waals surface area contributed by atoms with E-state index in [-0.39, 0.29) is 0 Å². The molecule has 15 heavy (non-hydrogen) atoms. The zero-order valence-corrected chi connectivity index (χ0v) is 9.35. The van der Waals surface area contributed by atoms with E-state index in [9.17, 15) is 0 Å². The number of halogens is 1. The molecule has 1 aromatic heterocycles. The Kier molecular flexibility index (Phi) is 3.00. The fourth-order valence-electron chi connectivity index (χ4n) is 1.19. The highest BCUT2D eigenvalue weighted by Crippen LogP contribution is 2.25. The van der Waals surface area contributed by atoms with E-state index in [1.165, 1.54) is 0 Å². The first-order valence-electron chi connectivity index (χ1n) is 4.33. The molecular weight excluding hydrogens is 228 g/mol. The highest BCUT2D eigenvalue weighted by Gasteiger charge is 2.05. The van der Waals surface area contributed by atoms with Gasteiger partial charge in [0.25, 0.3) is 6.54 Å². The zero-order chi connectivity index (χ0) is 10.7. The maximum absolute atomic E-state index is 6.75. The molecule has 0 spiro atoms. The number of hydrogen-bond donors (Lipinski definition) is 0. The van der Waals surface area contributed by atoms with Gasteiger partial charge < -0.3 is 4.85 Å². The van der Waals surface area contributed by atoms with Gasteiger partial charge in [-0.25, -0.2) is 11.6 Å². The molecule has 0 saturated carbocycles. The van der Waals surface area contributed by atoms with Gasteiger partial charge in [0.1, 0.15) is 10.7 Å². The van der Waals surface area contributed by atoms with E-state index in [1.807, 2.05) is 29.6 Å². The van der Waals surface area contributed by atoms with Crippen molar-refractivity contribution in [2.24, 2.45) is 0 Å². The Morgan fingerprint density at radius 3 is 2.73 bits per heavy atom. The molecule has 0 aliphatic carbocycles. The molecule has 0 N–H and O–H groups in total. The summed E-state index contributed by atoms with van der Waals surface area (Å²) in [7, 11) is 0. The van der Waals surface area contributed by atoms with Crippen molar-refractivity contribution < 1.29 is 0 Å². The normalized spacial score (nSPS) is 9.87. The number of aromatic nitrogens is 1. The fourth-order valence-corrected chi connectivity index (χ4v) is 2.13. The van der Waals surface area contributed by atoms with Crippen LogP contribution < -0.4 is 0 Å². The second kappa shape index (κ2) is 4.43. The lowest BCUT2D eigenvalue weighted by Crippen LogP contribution is -1.80. The summed E-state index contributed by atoms with van der Waals surface area (Å²) in [5.41, 5.74) is 1.88. The van der Waals surface area contributed by atoms with Crippen LogP contribution in [0.4, 0.5) is 0 Å². The average Bonchev–Trinajstić information content (AvgIpc) is 2.68. The monoisotopic (exact) mass is 234 g/mol. The van der Waals surface area contributed by atoms with Crippen molar-refractivity contribution in [2.75, 3.05) is 0 Å². The number of benzene rings is 1.